The van der Waals surface area contributed by atoms with Gasteiger partial charge in [-0.15, -0.1) is 0 Å². The molecule has 0 aliphatic heterocycles. The van der Waals surface area contributed by atoms with E-state index in [1.807, 2.05) is 0 Å². The predicted octanol–water partition coefficient (Wildman–Crippen LogP) is 4.49. The number of ether oxygens (including phenoxy) is 1. The Kier molecular flexibility index (Phi) is 3.62. The number of aromatic amines is 1. The fraction of sp³-hybridized carbons (Fsp3) is 0. The van der Waals surface area contributed by atoms with Crippen LogP contribution in [0.3, 0.4) is 0 Å². The monoisotopic (exact) mass is 289 g/mol. The molecule has 6 heteroatoms. The number of nitrogens with one attached hydrogen (secondary N) is 1. The third kappa shape index (κ3) is 3.16. The summed E-state index contributed by atoms with van der Waals surface area (Å²) in [5.41, 5.74) is 0.259. The van der Waals surface area contributed by atoms with Crippen molar-refractivity contribution in [3.05, 3.63) is 46.1 Å². The molecule has 1 aromatic carbocycles. The van der Waals surface area contributed by atoms with Crippen LogP contribution in [-0.2, 0) is 0 Å². The molecule has 0 aliphatic rings. The molecule has 0 atom stereocenters. The minimum absolute atomic E-state index is 0.259. The maximum atomic E-state index is 10.9. The van der Waals surface area contributed by atoms with E-state index in [1.54, 1.807) is 24.3 Å². The zero-order chi connectivity index (χ0) is 12.4. The van der Waals surface area contributed by atoms with Gasteiger partial charge in [0.25, 0.3) is 5.24 Å². The maximum Gasteiger partial charge on any atom is 0.268 e. The first kappa shape index (κ1) is 12.3. The molecule has 17 heavy (non-hydrogen) atoms. The smallest absolute Gasteiger partial charge is 0.268 e. The first-order chi connectivity index (χ1) is 8.04. The van der Waals surface area contributed by atoms with E-state index in [0.717, 1.165) is 0 Å². The summed E-state index contributed by atoms with van der Waals surface area (Å²) in [6.45, 7) is 0. The molecule has 0 aliphatic carbocycles. The number of carbonyl (C=O) groups excluding carboxylic acids is 1. The summed E-state index contributed by atoms with van der Waals surface area (Å²) >= 11 is 16.9. The highest BCUT2D eigenvalue weighted by Crippen LogP contribution is 2.28. The van der Waals surface area contributed by atoms with Crippen LogP contribution in [-0.4, -0.2) is 10.2 Å². The maximum absolute atomic E-state index is 10.9. The van der Waals surface area contributed by atoms with Gasteiger partial charge in [0, 0.05) is 16.1 Å². The quantitative estimate of drug-likeness (QED) is 0.846. The third-order valence-electron chi connectivity index (χ3n) is 1.93. The highest BCUT2D eigenvalue weighted by atomic mass is 35.5. The Balaban J connectivity index is 2.22. The first-order valence-electron chi connectivity index (χ1n) is 4.57. The van der Waals surface area contributed by atoms with Crippen LogP contribution in [0, 0.1) is 0 Å². The molecule has 0 bridgehead atoms. The summed E-state index contributed by atoms with van der Waals surface area (Å²) in [7, 11) is 0. The van der Waals surface area contributed by atoms with Crippen LogP contribution in [0.2, 0.25) is 10.0 Å². The van der Waals surface area contributed by atoms with Crippen molar-refractivity contribution in [2.75, 3.05) is 0 Å². The van der Waals surface area contributed by atoms with Crippen LogP contribution in [0.4, 0.5) is 0 Å². The van der Waals surface area contributed by atoms with E-state index in [4.69, 9.17) is 39.5 Å². The minimum Gasteiger partial charge on any atom is -0.441 e. The van der Waals surface area contributed by atoms with Crippen molar-refractivity contribution in [2.45, 2.75) is 0 Å². The number of halogens is 3. The van der Waals surface area contributed by atoms with Gasteiger partial charge in [0.2, 0.25) is 0 Å². The van der Waals surface area contributed by atoms with Crippen molar-refractivity contribution >= 4 is 40.0 Å². The molecule has 1 N–H and O–H groups in total. The van der Waals surface area contributed by atoms with Crippen LogP contribution in [0.1, 0.15) is 10.5 Å². The third-order valence-corrected chi connectivity index (χ3v) is 2.57. The van der Waals surface area contributed by atoms with Gasteiger partial charge in [0.1, 0.15) is 11.4 Å². The molecule has 0 spiro atoms. The molecule has 0 fully saturated rings. The van der Waals surface area contributed by atoms with Gasteiger partial charge in [-0.25, -0.2) is 0 Å². The van der Waals surface area contributed by atoms with Gasteiger partial charge >= 0.3 is 0 Å². The highest BCUT2D eigenvalue weighted by molar-refractivity contribution is 6.67. The summed E-state index contributed by atoms with van der Waals surface area (Å²) in [6.07, 6.45) is 0. The van der Waals surface area contributed by atoms with Gasteiger partial charge in [-0.2, -0.15) is 0 Å². The summed E-state index contributed by atoms with van der Waals surface area (Å²) in [5.74, 6) is 0.852. The van der Waals surface area contributed by atoms with E-state index in [2.05, 4.69) is 4.98 Å². The number of hydrogen-bond acceptors (Lipinski definition) is 2. The summed E-state index contributed by atoms with van der Waals surface area (Å²) < 4.78 is 5.44. The Hall–Kier alpha value is -1.16. The normalized spacial score (nSPS) is 10.3. The molecule has 2 aromatic rings. The average molecular weight is 291 g/mol. The van der Waals surface area contributed by atoms with Crippen molar-refractivity contribution in [1.29, 1.82) is 0 Å². The molecule has 1 aromatic heterocycles. The van der Waals surface area contributed by atoms with Crippen LogP contribution < -0.4 is 4.74 Å². The van der Waals surface area contributed by atoms with E-state index in [1.165, 1.54) is 6.07 Å². The predicted molar refractivity (Wildman–Crippen MR) is 67.5 cm³/mol. The molecule has 0 radical (unpaired) electrons. The highest BCUT2D eigenvalue weighted by Gasteiger charge is 2.07. The molecule has 0 amide bonds. The Bertz CT molecular complexity index is 545. The fourth-order valence-electron chi connectivity index (χ4n) is 1.26. The van der Waals surface area contributed by atoms with E-state index < -0.39 is 5.24 Å². The second kappa shape index (κ2) is 5.00. The molecular formula is C11H6Cl3NO2. The zero-order valence-electron chi connectivity index (χ0n) is 8.34. The standard InChI is InChI=1S/C11H6Cl3NO2/c12-6-3-7(13)5-8(4-6)17-10-2-1-9(15-10)11(14)16/h1-5,15H. The molecule has 88 valence electrons. The number of carbonyl (C=O) groups is 1. The van der Waals surface area contributed by atoms with Gasteiger partial charge in [0.05, 0.1) is 0 Å². The molecule has 1 heterocycles. The van der Waals surface area contributed by atoms with Gasteiger partial charge in [-0.05, 0) is 35.9 Å². The van der Waals surface area contributed by atoms with Crippen molar-refractivity contribution in [1.82, 2.24) is 4.98 Å². The summed E-state index contributed by atoms with van der Waals surface area (Å²) in [4.78, 5) is 13.6. The average Bonchev–Trinajstić information content (AvgIpc) is 2.64. The Morgan fingerprint density at radius 3 is 2.29 bits per heavy atom. The van der Waals surface area contributed by atoms with Gasteiger partial charge < -0.3 is 9.72 Å². The van der Waals surface area contributed by atoms with E-state index >= 15 is 0 Å². The number of H-pyrrole nitrogens is 1. The lowest BCUT2D eigenvalue weighted by Gasteiger charge is -2.04. The van der Waals surface area contributed by atoms with E-state index in [0.29, 0.717) is 21.7 Å². The lowest BCUT2D eigenvalue weighted by molar-refractivity contribution is 0.107. The summed E-state index contributed by atoms with van der Waals surface area (Å²) in [6, 6.07) is 7.92. The van der Waals surface area contributed by atoms with E-state index in [9.17, 15) is 4.79 Å². The fourth-order valence-corrected chi connectivity index (χ4v) is 1.88. The molecular weight excluding hydrogens is 284 g/mol. The SMILES string of the molecule is O=C(Cl)c1ccc(Oc2cc(Cl)cc(Cl)c2)[nH]1. The van der Waals surface area contributed by atoms with Crippen LogP contribution in [0.5, 0.6) is 11.6 Å². The van der Waals surface area contributed by atoms with Crippen molar-refractivity contribution in [2.24, 2.45) is 0 Å². The van der Waals surface area contributed by atoms with Crippen molar-refractivity contribution < 1.29 is 9.53 Å². The van der Waals surface area contributed by atoms with Gasteiger partial charge in [0.15, 0.2) is 5.88 Å². The molecule has 0 saturated heterocycles. The summed E-state index contributed by atoms with van der Waals surface area (Å²) in [5, 5.41) is 0.351. The topological polar surface area (TPSA) is 42.1 Å². The molecule has 0 saturated carbocycles. The number of aromatic nitrogens is 1. The largest absolute Gasteiger partial charge is 0.441 e. The lowest BCUT2D eigenvalue weighted by Crippen LogP contribution is -1.89. The Morgan fingerprint density at radius 2 is 1.76 bits per heavy atom. The molecule has 3 nitrogen and oxygen atoms in total. The number of benzene rings is 1. The van der Waals surface area contributed by atoms with Crippen molar-refractivity contribution in [3.8, 4) is 11.6 Å². The van der Waals surface area contributed by atoms with Crippen molar-refractivity contribution in [3.63, 3.8) is 0 Å². The molecule has 2 rings (SSSR count). The molecule has 0 unspecified atom stereocenters. The number of hydrogen-bond donors (Lipinski definition) is 1. The van der Waals surface area contributed by atoms with Gasteiger partial charge in [-0.1, -0.05) is 23.2 Å². The van der Waals surface area contributed by atoms with E-state index in [-0.39, 0.29) is 5.69 Å². The van der Waals surface area contributed by atoms with Gasteiger partial charge in [-0.3, -0.25) is 4.79 Å². The Morgan fingerprint density at radius 1 is 1.12 bits per heavy atom. The Labute approximate surface area is 112 Å². The second-order valence-corrected chi connectivity index (χ2v) is 4.43. The van der Waals surface area contributed by atoms with Crippen LogP contribution in [0.25, 0.3) is 0 Å². The minimum atomic E-state index is -0.580. The second-order valence-electron chi connectivity index (χ2n) is 3.22. The number of rotatable bonds is 3. The zero-order valence-corrected chi connectivity index (χ0v) is 10.6. The van der Waals surface area contributed by atoms with Crippen LogP contribution in [0.15, 0.2) is 30.3 Å². The lowest BCUT2D eigenvalue weighted by atomic mass is 10.3. The van der Waals surface area contributed by atoms with Crippen LogP contribution >= 0.6 is 34.8 Å². The first-order valence-corrected chi connectivity index (χ1v) is 5.71.